The van der Waals surface area contributed by atoms with Crippen LogP contribution in [0.15, 0.2) is 24.3 Å². The Hall–Kier alpha value is -1.19. The number of nitrogens with zero attached hydrogens (tertiary/aromatic N) is 1. The summed E-state index contributed by atoms with van der Waals surface area (Å²) < 4.78 is 0. The summed E-state index contributed by atoms with van der Waals surface area (Å²) in [6.45, 7) is 8.82. The van der Waals surface area contributed by atoms with Crippen molar-refractivity contribution in [3.05, 3.63) is 40.4 Å². The molecule has 3 heteroatoms. The number of benzene rings is 1. The van der Waals surface area contributed by atoms with Crippen molar-refractivity contribution >= 4 is 11.3 Å². The molecule has 2 aromatic rings. The van der Waals surface area contributed by atoms with E-state index in [2.05, 4.69) is 52.0 Å². The molecule has 1 heterocycles. The maximum Gasteiger partial charge on any atom is 0.123 e. The molecule has 1 aliphatic carbocycles. The summed E-state index contributed by atoms with van der Waals surface area (Å²) in [5.74, 6) is 0.547. The third kappa shape index (κ3) is 2.90. The number of hydrogen-bond donors (Lipinski definition) is 1. The van der Waals surface area contributed by atoms with Crippen molar-refractivity contribution in [3.8, 4) is 10.6 Å². The van der Waals surface area contributed by atoms with Gasteiger partial charge in [0.1, 0.15) is 5.01 Å². The minimum atomic E-state index is -0.357. The highest BCUT2D eigenvalue weighted by Gasteiger charge is 2.34. The molecule has 0 saturated carbocycles. The second-order valence-electron chi connectivity index (χ2n) is 7.17. The lowest BCUT2D eigenvalue weighted by Crippen LogP contribution is -2.24. The minimum absolute atomic E-state index is 0.138. The number of aromatic nitrogens is 1. The molecule has 0 fully saturated rings. The topological polar surface area (TPSA) is 33.1 Å². The Balaban J connectivity index is 1.94. The number of thiazole rings is 1. The van der Waals surface area contributed by atoms with Crippen LogP contribution >= 0.6 is 11.3 Å². The quantitative estimate of drug-likeness (QED) is 0.852. The van der Waals surface area contributed by atoms with Gasteiger partial charge in [0, 0.05) is 5.56 Å². The molecule has 2 nitrogen and oxygen atoms in total. The molecule has 1 aromatic heterocycles. The normalized spacial score (nSPS) is 20.6. The number of aliphatic hydroxyl groups is 1. The first kappa shape index (κ1) is 14.7. The third-order valence-corrected chi connectivity index (χ3v) is 5.49. The van der Waals surface area contributed by atoms with Gasteiger partial charge in [-0.2, -0.15) is 0 Å². The Kier molecular flexibility index (Phi) is 3.66. The van der Waals surface area contributed by atoms with E-state index in [0.717, 1.165) is 34.0 Å². The van der Waals surface area contributed by atoms with Crippen LogP contribution in [0.5, 0.6) is 0 Å². The molecule has 3 rings (SSSR count). The summed E-state index contributed by atoms with van der Waals surface area (Å²) in [4.78, 5) is 5.87. The number of fused-ring (bicyclic) bond motifs is 1. The fourth-order valence-electron chi connectivity index (χ4n) is 3.03. The van der Waals surface area contributed by atoms with Crippen LogP contribution in [0.4, 0.5) is 0 Å². The second-order valence-corrected chi connectivity index (χ2v) is 8.20. The average molecular weight is 301 g/mol. The molecule has 0 radical (unpaired) electrons. The predicted molar refractivity (Wildman–Crippen MR) is 88.7 cm³/mol. The van der Waals surface area contributed by atoms with Crippen LogP contribution in [-0.4, -0.2) is 10.1 Å². The van der Waals surface area contributed by atoms with Gasteiger partial charge in [-0.15, -0.1) is 11.3 Å². The maximum absolute atomic E-state index is 10.3. The summed E-state index contributed by atoms with van der Waals surface area (Å²) >= 11 is 1.65. The molecule has 0 spiro atoms. The van der Waals surface area contributed by atoms with Crippen LogP contribution in [0.1, 0.15) is 62.3 Å². The molecule has 0 aliphatic heterocycles. The van der Waals surface area contributed by atoms with E-state index in [0.29, 0.717) is 5.92 Å². The van der Waals surface area contributed by atoms with Crippen LogP contribution < -0.4 is 0 Å². The zero-order valence-corrected chi connectivity index (χ0v) is 14.0. The van der Waals surface area contributed by atoms with Crippen LogP contribution in [0.25, 0.3) is 10.6 Å². The Morgan fingerprint density at radius 2 is 1.90 bits per heavy atom. The van der Waals surface area contributed by atoms with E-state index in [4.69, 9.17) is 4.98 Å². The van der Waals surface area contributed by atoms with Crippen molar-refractivity contribution in [2.75, 3.05) is 0 Å². The Morgan fingerprint density at radius 3 is 2.52 bits per heavy atom. The number of aliphatic hydroxyl groups excluding tert-OH is 1. The first-order chi connectivity index (χ1) is 9.85. The molecule has 1 aromatic carbocycles. The third-order valence-electron chi connectivity index (χ3n) is 4.25. The molecule has 21 heavy (non-hydrogen) atoms. The fraction of sp³-hybridized carbons (Fsp3) is 0.500. The Morgan fingerprint density at radius 1 is 1.24 bits per heavy atom. The smallest absolute Gasteiger partial charge is 0.123 e. The summed E-state index contributed by atoms with van der Waals surface area (Å²) in [5, 5.41) is 11.4. The summed E-state index contributed by atoms with van der Waals surface area (Å²) in [6.07, 6.45) is 1.43. The highest BCUT2D eigenvalue weighted by Crippen LogP contribution is 2.44. The lowest BCUT2D eigenvalue weighted by molar-refractivity contribution is 0.102. The van der Waals surface area contributed by atoms with Crippen LogP contribution in [0, 0.1) is 5.41 Å². The number of hydrogen-bond acceptors (Lipinski definition) is 3. The van der Waals surface area contributed by atoms with Crippen LogP contribution in [-0.2, 0) is 6.42 Å². The van der Waals surface area contributed by atoms with Crippen molar-refractivity contribution in [1.82, 2.24) is 4.98 Å². The summed E-state index contributed by atoms with van der Waals surface area (Å²) in [7, 11) is 0. The van der Waals surface area contributed by atoms with Crippen LogP contribution in [0.2, 0.25) is 0 Å². The van der Waals surface area contributed by atoms with Crippen molar-refractivity contribution in [1.29, 1.82) is 0 Å². The Bertz CT molecular complexity index is 640. The van der Waals surface area contributed by atoms with E-state index in [1.165, 1.54) is 5.56 Å². The van der Waals surface area contributed by atoms with Gasteiger partial charge in [0.05, 0.1) is 16.7 Å². The molecule has 1 unspecified atom stereocenters. The molecular weight excluding hydrogens is 278 g/mol. The molecule has 112 valence electrons. The molecule has 1 atom stereocenters. The zero-order chi connectivity index (χ0) is 15.2. The van der Waals surface area contributed by atoms with Crippen molar-refractivity contribution in [2.45, 2.75) is 52.6 Å². The first-order valence-corrected chi connectivity index (χ1v) is 8.45. The van der Waals surface area contributed by atoms with E-state index in [1.54, 1.807) is 11.3 Å². The highest BCUT2D eigenvalue weighted by atomic mass is 32.1. The molecule has 0 bridgehead atoms. The standard InChI is InChI=1S/C18H23NOS/c1-11(2)12-5-7-13(8-6-12)17-19-14-9-18(3,4)10-15(20)16(14)21-17/h5-8,11,15,20H,9-10H2,1-4H3. The van der Waals surface area contributed by atoms with Gasteiger partial charge in [0.2, 0.25) is 0 Å². The van der Waals surface area contributed by atoms with E-state index in [9.17, 15) is 5.11 Å². The van der Waals surface area contributed by atoms with Gasteiger partial charge in [0.25, 0.3) is 0 Å². The lowest BCUT2D eigenvalue weighted by Gasteiger charge is -2.31. The predicted octanol–water partition coefficient (Wildman–Crippen LogP) is 4.94. The van der Waals surface area contributed by atoms with E-state index < -0.39 is 0 Å². The maximum atomic E-state index is 10.3. The van der Waals surface area contributed by atoms with Gasteiger partial charge >= 0.3 is 0 Å². The first-order valence-electron chi connectivity index (χ1n) is 7.64. The highest BCUT2D eigenvalue weighted by molar-refractivity contribution is 7.15. The van der Waals surface area contributed by atoms with Crippen molar-refractivity contribution in [3.63, 3.8) is 0 Å². The van der Waals surface area contributed by atoms with Gasteiger partial charge in [0.15, 0.2) is 0 Å². The van der Waals surface area contributed by atoms with Crippen molar-refractivity contribution < 1.29 is 5.11 Å². The minimum Gasteiger partial charge on any atom is -0.387 e. The van der Waals surface area contributed by atoms with Crippen LogP contribution in [0.3, 0.4) is 0 Å². The van der Waals surface area contributed by atoms with Gasteiger partial charge in [-0.3, -0.25) is 0 Å². The summed E-state index contributed by atoms with van der Waals surface area (Å²) in [5.41, 5.74) is 3.73. The van der Waals surface area contributed by atoms with Gasteiger partial charge in [-0.1, -0.05) is 52.0 Å². The SMILES string of the molecule is CC(C)c1ccc(-c2nc3c(s2)C(O)CC(C)(C)C3)cc1. The van der Waals surface area contributed by atoms with E-state index in [-0.39, 0.29) is 11.5 Å². The molecule has 1 N–H and O–H groups in total. The molecule has 1 aliphatic rings. The number of rotatable bonds is 2. The van der Waals surface area contributed by atoms with E-state index in [1.807, 2.05) is 0 Å². The molecular formula is C18H23NOS. The van der Waals surface area contributed by atoms with Gasteiger partial charge < -0.3 is 5.11 Å². The van der Waals surface area contributed by atoms with Gasteiger partial charge in [-0.05, 0) is 29.7 Å². The second kappa shape index (κ2) is 5.22. The van der Waals surface area contributed by atoms with Crippen molar-refractivity contribution in [2.24, 2.45) is 5.41 Å². The summed E-state index contributed by atoms with van der Waals surface area (Å²) in [6, 6.07) is 8.66. The monoisotopic (exact) mass is 301 g/mol. The molecule has 0 saturated heterocycles. The largest absolute Gasteiger partial charge is 0.387 e. The fourth-order valence-corrected chi connectivity index (χ4v) is 4.10. The zero-order valence-electron chi connectivity index (χ0n) is 13.2. The Labute approximate surface area is 130 Å². The van der Waals surface area contributed by atoms with E-state index >= 15 is 0 Å². The average Bonchev–Trinajstić information content (AvgIpc) is 2.81. The van der Waals surface area contributed by atoms with Gasteiger partial charge in [-0.25, -0.2) is 4.98 Å². The lowest BCUT2D eigenvalue weighted by atomic mass is 9.77. The molecule has 0 amide bonds.